The van der Waals surface area contributed by atoms with Crippen LogP contribution in [0.25, 0.3) is 11.0 Å². The molecule has 1 heterocycles. The number of para-hydroxylation sites is 2. The van der Waals surface area contributed by atoms with Gasteiger partial charge < -0.3 is 10.3 Å². The van der Waals surface area contributed by atoms with Crippen LogP contribution in [0.4, 0.5) is 4.39 Å². The lowest BCUT2D eigenvalue weighted by Gasteiger charge is -2.13. The van der Waals surface area contributed by atoms with E-state index in [9.17, 15) is 4.39 Å². The van der Waals surface area contributed by atoms with Crippen molar-refractivity contribution in [2.45, 2.75) is 19.5 Å². The van der Waals surface area contributed by atoms with Gasteiger partial charge in [0.25, 0.3) is 0 Å². The largest absolute Gasteiger partial charge is 0.322 e. The van der Waals surface area contributed by atoms with Crippen LogP contribution in [-0.4, -0.2) is 9.55 Å². The molecule has 0 spiro atoms. The molecular weight excluding hydrogens is 289 g/mol. The number of imidazole rings is 1. The van der Waals surface area contributed by atoms with E-state index in [4.69, 9.17) is 17.3 Å². The van der Waals surface area contributed by atoms with Gasteiger partial charge in [-0.05, 0) is 31.2 Å². The molecule has 0 aliphatic rings. The smallest absolute Gasteiger partial charge is 0.129 e. The van der Waals surface area contributed by atoms with Crippen molar-refractivity contribution >= 4 is 22.6 Å². The molecule has 2 aromatic carbocycles. The van der Waals surface area contributed by atoms with E-state index in [2.05, 4.69) is 4.98 Å². The SMILES string of the molecule is CC(N)c1nc2ccccc2n1Cc1c(F)cccc1Cl. The van der Waals surface area contributed by atoms with E-state index in [1.807, 2.05) is 35.8 Å². The van der Waals surface area contributed by atoms with E-state index in [1.165, 1.54) is 6.07 Å². The van der Waals surface area contributed by atoms with Crippen molar-refractivity contribution < 1.29 is 4.39 Å². The summed E-state index contributed by atoms with van der Waals surface area (Å²) in [4.78, 5) is 4.54. The second-order valence-corrected chi connectivity index (χ2v) is 5.44. The van der Waals surface area contributed by atoms with Crippen LogP contribution in [-0.2, 0) is 6.54 Å². The van der Waals surface area contributed by atoms with Gasteiger partial charge >= 0.3 is 0 Å². The van der Waals surface area contributed by atoms with Gasteiger partial charge in [-0.1, -0.05) is 29.8 Å². The summed E-state index contributed by atoms with van der Waals surface area (Å²) >= 11 is 6.12. The standard InChI is InChI=1S/C16H15ClFN3/c1-10(19)16-20-14-7-2-3-8-15(14)21(16)9-11-12(17)5-4-6-13(11)18/h2-8,10H,9,19H2,1H3. The van der Waals surface area contributed by atoms with E-state index >= 15 is 0 Å². The fourth-order valence-corrected chi connectivity index (χ4v) is 2.67. The van der Waals surface area contributed by atoms with Crippen molar-refractivity contribution in [2.24, 2.45) is 5.73 Å². The normalized spacial score (nSPS) is 12.8. The highest BCUT2D eigenvalue weighted by Gasteiger charge is 2.16. The summed E-state index contributed by atoms with van der Waals surface area (Å²) in [5.74, 6) is 0.395. The maximum Gasteiger partial charge on any atom is 0.129 e. The van der Waals surface area contributed by atoms with E-state index in [0.29, 0.717) is 17.1 Å². The van der Waals surface area contributed by atoms with Crippen molar-refractivity contribution in [3.05, 3.63) is 64.7 Å². The minimum Gasteiger partial charge on any atom is -0.322 e. The van der Waals surface area contributed by atoms with Gasteiger partial charge in [-0.25, -0.2) is 9.37 Å². The van der Waals surface area contributed by atoms with E-state index in [0.717, 1.165) is 16.9 Å². The third-order valence-corrected chi connectivity index (χ3v) is 3.82. The predicted molar refractivity (Wildman–Crippen MR) is 82.8 cm³/mol. The second-order valence-electron chi connectivity index (χ2n) is 5.03. The average molecular weight is 304 g/mol. The van der Waals surface area contributed by atoms with Crippen LogP contribution in [0.5, 0.6) is 0 Å². The Morgan fingerprint density at radius 1 is 1.24 bits per heavy atom. The first-order chi connectivity index (χ1) is 10.1. The highest BCUT2D eigenvalue weighted by Crippen LogP contribution is 2.25. The van der Waals surface area contributed by atoms with Crippen molar-refractivity contribution in [3.63, 3.8) is 0 Å². The molecule has 0 amide bonds. The highest BCUT2D eigenvalue weighted by atomic mass is 35.5. The number of fused-ring (bicyclic) bond motifs is 1. The summed E-state index contributed by atoms with van der Waals surface area (Å²) in [6.07, 6.45) is 0. The summed E-state index contributed by atoms with van der Waals surface area (Å²) in [6, 6.07) is 12.2. The zero-order valence-electron chi connectivity index (χ0n) is 11.6. The number of halogens is 2. The minimum atomic E-state index is -0.323. The lowest BCUT2D eigenvalue weighted by Crippen LogP contribution is -2.15. The van der Waals surface area contributed by atoms with Gasteiger partial charge in [0, 0.05) is 10.6 Å². The second kappa shape index (κ2) is 5.47. The van der Waals surface area contributed by atoms with E-state index in [-0.39, 0.29) is 11.9 Å². The lowest BCUT2D eigenvalue weighted by atomic mass is 10.2. The molecule has 2 N–H and O–H groups in total. The molecule has 0 aliphatic carbocycles. The Morgan fingerprint density at radius 2 is 2.00 bits per heavy atom. The monoisotopic (exact) mass is 303 g/mol. The first-order valence-corrected chi connectivity index (χ1v) is 7.09. The number of benzene rings is 2. The van der Waals surface area contributed by atoms with Crippen LogP contribution in [0.15, 0.2) is 42.5 Å². The number of rotatable bonds is 3. The maximum absolute atomic E-state index is 14.0. The Hall–Kier alpha value is -1.91. The van der Waals surface area contributed by atoms with Gasteiger partial charge in [0.05, 0.1) is 23.6 Å². The summed E-state index contributed by atoms with van der Waals surface area (Å²) < 4.78 is 15.9. The molecule has 1 unspecified atom stereocenters. The Morgan fingerprint density at radius 3 is 2.71 bits per heavy atom. The van der Waals surface area contributed by atoms with Crippen molar-refractivity contribution in [3.8, 4) is 0 Å². The van der Waals surface area contributed by atoms with Crippen molar-refractivity contribution in [2.75, 3.05) is 0 Å². The van der Waals surface area contributed by atoms with Crippen LogP contribution in [0.1, 0.15) is 24.4 Å². The first-order valence-electron chi connectivity index (χ1n) is 6.71. The maximum atomic E-state index is 14.0. The van der Waals surface area contributed by atoms with Gasteiger partial charge in [-0.3, -0.25) is 0 Å². The molecule has 3 nitrogen and oxygen atoms in total. The fraction of sp³-hybridized carbons (Fsp3) is 0.188. The number of hydrogen-bond donors (Lipinski definition) is 1. The molecule has 21 heavy (non-hydrogen) atoms. The van der Waals surface area contributed by atoms with E-state index in [1.54, 1.807) is 12.1 Å². The minimum absolute atomic E-state index is 0.247. The molecule has 0 bridgehead atoms. The third-order valence-electron chi connectivity index (χ3n) is 3.47. The van der Waals surface area contributed by atoms with Gasteiger partial charge in [0.1, 0.15) is 11.6 Å². The van der Waals surface area contributed by atoms with Gasteiger partial charge in [-0.15, -0.1) is 0 Å². The Balaban J connectivity index is 2.17. The van der Waals surface area contributed by atoms with Crippen molar-refractivity contribution in [1.82, 2.24) is 9.55 Å². The molecule has 108 valence electrons. The van der Waals surface area contributed by atoms with Crippen LogP contribution in [0.2, 0.25) is 5.02 Å². The van der Waals surface area contributed by atoms with E-state index < -0.39 is 0 Å². The van der Waals surface area contributed by atoms with Gasteiger partial charge in [0.2, 0.25) is 0 Å². The van der Waals surface area contributed by atoms with Gasteiger partial charge in [-0.2, -0.15) is 0 Å². The van der Waals surface area contributed by atoms with Crippen LogP contribution < -0.4 is 5.73 Å². The molecule has 3 aromatic rings. The average Bonchev–Trinajstić information content (AvgIpc) is 2.82. The van der Waals surface area contributed by atoms with Gasteiger partial charge in [0.15, 0.2) is 0 Å². The zero-order valence-corrected chi connectivity index (χ0v) is 12.3. The quantitative estimate of drug-likeness (QED) is 0.797. The summed E-state index contributed by atoms with van der Waals surface area (Å²) in [5, 5.41) is 0.406. The fourth-order valence-electron chi connectivity index (χ4n) is 2.45. The molecular formula is C16H15ClFN3. The molecule has 0 fully saturated rings. The Bertz CT molecular complexity index is 775. The molecule has 5 heteroatoms. The molecule has 1 atom stereocenters. The molecule has 3 rings (SSSR count). The molecule has 0 saturated heterocycles. The summed E-state index contributed by atoms with van der Waals surface area (Å²) in [6.45, 7) is 2.17. The topological polar surface area (TPSA) is 43.8 Å². The first kappa shape index (κ1) is 14.0. The summed E-state index contributed by atoms with van der Waals surface area (Å²) in [5.41, 5.74) is 8.21. The lowest BCUT2D eigenvalue weighted by molar-refractivity contribution is 0.590. The summed E-state index contributed by atoms with van der Waals surface area (Å²) in [7, 11) is 0. The van der Waals surface area contributed by atoms with Crippen LogP contribution >= 0.6 is 11.6 Å². The third kappa shape index (κ3) is 2.52. The Labute approximate surface area is 127 Å². The Kier molecular flexibility index (Phi) is 3.66. The zero-order chi connectivity index (χ0) is 15.0. The molecule has 0 saturated carbocycles. The number of nitrogens with zero attached hydrogens (tertiary/aromatic N) is 2. The molecule has 0 radical (unpaired) electrons. The molecule has 0 aliphatic heterocycles. The van der Waals surface area contributed by atoms with Crippen LogP contribution in [0.3, 0.4) is 0 Å². The highest BCUT2D eigenvalue weighted by molar-refractivity contribution is 6.31. The number of aromatic nitrogens is 2. The molecule has 1 aromatic heterocycles. The predicted octanol–water partition coefficient (Wildman–Crippen LogP) is 3.90. The number of hydrogen-bond acceptors (Lipinski definition) is 2. The van der Waals surface area contributed by atoms with Crippen LogP contribution in [0, 0.1) is 5.82 Å². The number of nitrogens with two attached hydrogens (primary N) is 1. The van der Waals surface area contributed by atoms with Crippen molar-refractivity contribution in [1.29, 1.82) is 0 Å².